The first-order chi connectivity index (χ1) is 11.6. The third-order valence-electron chi connectivity index (χ3n) is 3.95. The summed E-state index contributed by atoms with van der Waals surface area (Å²) < 4.78 is 0.880. The summed E-state index contributed by atoms with van der Waals surface area (Å²) in [5.74, 6) is 0.782. The van der Waals surface area contributed by atoms with Gasteiger partial charge < -0.3 is 15.3 Å². The van der Waals surface area contributed by atoms with E-state index in [9.17, 15) is 9.90 Å². The molecule has 0 unspecified atom stereocenters. The van der Waals surface area contributed by atoms with E-state index in [4.69, 9.17) is 0 Å². The number of nitrogens with zero attached hydrogens (tertiary/aromatic N) is 3. The standard InChI is InChI=1S/C17H19BrN4O2/c18-13-1-6-16(19-11-13)20-17(24)12-21-7-9-22(10-8-21)14-2-4-15(23)5-3-14/h1-6,11,23H,7-10,12H2,(H,19,20,24). The fourth-order valence-corrected chi connectivity index (χ4v) is 2.90. The highest BCUT2D eigenvalue weighted by Gasteiger charge is 2.19. The highest BCUT2D eigenvalue weighted by molar-refractivity contribution is 9.10. The molecule has 6 nitrogen and oxygen atoms in total. The second kappa shape index (κ2) is 7.63. The number of carbonyl (C=O) groups is 1. The van der Waals surface area contributed by atoms with Gasteiger partial charge in [0.25, 0.3) is 0 Å². The molecule has 0 radical (unpaired) electrons. The van der Waals surface area contributed by atoms with Crippen molar-refractivity contribution in [3.8, 4) is 5.75 Å². The van der Waals surface area contributed by atoms with E-state index in [2.05, 4.69) is 36.0 Å². The van der Waals surface area contributed by atoms with Gasteiger partial charge in [0.05, 0.1) is 6.54 Å². The van der Waals surface area contributed by atoms with Gasteiger partial charge in [-0.2, -0.15) is 0 Å². The predicted molar refractivity (Wildman–Crippen MR) is 97.3 cm³/mol. The number of rotatable bonds is 4. The minimum atomic E-state index is -0.0529. The molecule has 0 aliphatic carbocycles. The van der Waals surface area contributed by atoms with Crippen molar-refractivity contribution in [3.05, 3.63) is 47.1 Å². The predicted octanol–water partition coefficient (Wildman–Crippen LogP) is 2.31. The number of halogens is 1. The van der Waals surface area contributed by atoms with Gasteiger partial charge in [0, 0.05) is 42.5 Å². The number of phenols is 1. The van der Waals surface area contributed by atoms with Crippen molar-refractivity contribution in [1.82, 2.24) is 9.88 Å². The molecule has 0 bridgehead atoms. The molecule has 3 rings (SSSR count). The van der Waals surface area contributed by atoms with Gasteiger partial charge in [-0.15, -0.1) is 0 Å². The largest absolute Gasteiger partial charge is 0.508 e. The zero-order valence-electron chi connectivity index (χ0n) is 13.2. The SMILES string of the molecule is O=C(CN1CCN(c2ccc(O)cc2)CC1)Nc1ccc(Br)cn1. The van der Waals surface area contributed by atoms with E-state index in [1.807, 2.05) is 18.2 Å². The Kier molecular flexibility index (Phi) is 5.32. The van der Waals surface area contributed by atoms with E-state index >= 15 is 0 Å². The summed E-state index contributed by atoms with van der Waals surface area (Å²) in [6.45, 7) is 3.72. The maximum atomic E-state index is 12.1. The number of amides is 1. The third kappa shape index (κ3) is 4.46. The lowest BCUT2D eigenvalue weighted by Crippen LogP contribution is -2.48. The minimum absolute atomic E-state index is 0.0529. The lowest BCUT2D eigenvalue weighted by Gasteiger charge is -2.35. The molecule has 24 heavy (non-hydrogen) atoms. The lowest BCUT2D eigenvalue weighted by molar-refractivity contribution is -0.117. The summed E-state index contributed by atoms with van der Waals surface area (Å²) in [6.07, 6.45) is 1.66. The van der Waals surface area contributed by atoms with Gasteiger partial charge in [-0.1, -0.05) is 0 Å². The Morgan fingerprint density at radius 1 is 1.12 bits per heavy atom. The van der Waals surface area contributed by atoms with Crippen molar-refractivity contribution < 1.29 is 9.90 Å². The Hall–Kier alpha value is -2.12. The molecule has 1 fully saturated rings. The highest BCUT2D eigenvalue weighted by Crippen LogP contribution is 2.19. The van der Waals surface area contributed by atoms with E-state index in [0.29, 0.717) is 12.4 Å². The Morgan fingerprint density at radius 3 is 2.46 bits per heavy atom. The van der Waals surface area contributed by atoms with Crippen molar-refractivity contribution in [3.63, 3.8) is 0 Å². The van der Waals surface area contributed by atoms with E-state index in [1.165, 1.54) is 0 Å². The topological polar surface area (TPSA) is 68.7 Å². The lowest BCUT2D eigenvalue weighted by atomic mass is 10.2. The van der Waals surface area contributed by atoms with Crippen LogP contribution < -0.4 is 10.2 Å². The van der Waals surface area contributed by atoms with Crippen LogP contribution in [0.2, 0.25) is 0 Å². The van der Waals surface area contributed by atoms with Crippen LogP contribution in [0.1, 0.15) is 0 Å². The molecule has 7 heteroatoms. The molecule has 1 aliphatic rings. The number of phenolic OH excluding ortho intramolecular Hbond substituents is 1. The Labute approximate surface area is 149 Å². The van der Waals surface area contributed by atoms with Crippen LogP contribution in [0.4, 0.5) is 11.5 Å². The Balaban J connectivity index is 1.47. The number of aromatic hydroxyl groups is 1. The molecule has 2 N–H and O–H groups in total. The fraction of sp³-hybridized carbons (Fsp3) is 0.294. The van der Waals surface area contributed by atoms with E-state index < -0.39 is 0 Å². The van der Waals surface area contributed by atoms with Gasteiger partial charge in [-0.25, -0.2) is 4.98 Å². The van der Waals surface area contributed by atoms with Gasteiger partial charge in [0.2, 0.25) is 5.91 Å². The molecule has 1 aliphatic heterocycles. The van der Waals surface area contributed by atoms with Gasteiger partial charge in [0.15, 0.2) is 0 Å². The average molecular weight is 391 g/mol. The molecular weight excluding hydrogens is 372 g/mol. The number of piperazine rings is 1. The van der Waals surface area contributed by atoms with Crippen LogP contribution in [-0.2, 0) is 4.79 Å². The zero-order chi connectivity index (χ0) is 16.9. The van der Waals surface area contributed by atoms with Crippen LogP contribution in [0.15, 0.2) is 47.1 Å². The first kappa shape index (κ1) is 16.7. The molecule has 1 amide bonds. The number of carbonyl (C=O) groups excluding carboxylic acids is 1. The minimum Gasteiger partial charge on any atom is -0.508 e. The summed E-state index contributed by atoms with van der Waals surface area (Å²) in [5.41, 5.74) is 1.09. The van der Waals surface area contributed by atoms with Crippen LogP contribution >= 0.6 is 15.9 Å². The highest BCUT2D eigenvalue weighted by atomic mass is 79.9. The smallest absolute Gasteiger partial charge is 0.239 e. The summed E-state index contributed by atoms with van der Waals surface area (Å²) >= 11 is 3.32. The van der Waals surface area contributed by atoms with Gasteiger partial charge in [-0.3, -0.25) is 9.69 Å². The summed E-state index contributed by atoms with van der Waals surface area (Å²) in [6, 6.07) is 10.8. The number of hydrogen-bond donors (Lipinski definition) is 2. The van der Waals surface area contributed by atoms with Crippen LogP contribution in [-0.4, -0.2) is 53.6 Å². The number of pyridine rings is 1. The summed E-state index contributed by atoms with van der Waals surface area (Å²) in [7, 11) is 0. The van der Waals surface area contributed by atoms with Crippen LogP contribution in [0.3, 0.4) is 0 Å². The number of benzene rings is 1. The maximum absolute atomic E-state index is 12.1. The van der Waals surface area contributed by atoms with Crippen LogP contribution in [0, 0.1) is 0 Å². The summed E-state index contributed by atoms with van der Waals surface area (Å²) in [4.78, 5) is 20.6. The molecule has 1 aromatic carbocycles. The van der Waals surface area contributed by atoms with Crippen LogP contribution in [0.25, 0.3) is 0 Å². The second-order valence-corrected chi connectivity index (χ2v) is 6.61. The van der Waals surface area contributed by atoms with Crippen molar-refractivity contribution in [2.24, 2.45) is 0 Å². The van der Waals surface area contributed by atoms with E-state index in [1.54, 1.807) is 24.4 Å². The number of nitrogens with one attached hydrogen (secondary N) is 1. The first-order valence-corrected chi connectivity index (χ1v) is 8.57. The van der Waals surface area contributed by atoms with E-state index in [0.717, 1.165) is 36.3 Å². The monoisotopic (exact) mass is 390 g/mol. The molecule has 1 aromatic heterocycles. The molecule has 2 aromatic rings. The molecule has 2 heterocycles. The van der Waals surface area contributed by atoms with E-state index in [-0.39, 0.29) is 11.7 Å². The van der Waals surface area contributed by atoms with Gasteiger partial charge >= 0.3 is 0 Å². The summed E-state index contributed by atoms with van der Waals surface area (Å²) in [5, 5.41) is 12.2. The Morgan fingerprint density at radius 2 is 1.83 bits per heavy atom. The molecule has 0 saturated carbocycles. The van der Waals surface area contributed by atoms with Crippen molar-refractivity contribution in [1.29, 1.82) is 0 Å². The van der Waals surface area contributed by atoms with Crippen molar-refractivity contribution in [2.45, 2.75) is 0 Å². The zero-order valence-corrected chi connectivity index (χ0v) is 14.7. The fourth-order valence-electron chi connectivity index (χ4n) is 2.66. The molecule has 0 spiro atoms. The average Bonchev–Trinajstić information content (AvgIpc) is 2.58. The first-order valence-electron chi connectivity index (χ1n) is 7.78. The Bertz CT molecular complexity index is 683. The van der Waals surface area contributed by atoms with Gasteiger partial charge in [-0.05, 0) is 52.3 Å². The van der Waals surface area contributed by atoms with Crippen LogP contribution in [0.5, 0.6) is 5.75 Å². The molecular formula is C17H19BrN4O2. The third-order valence-corrected chi connectivity index (χ3v) is 4.42. The molecule has 1 saturated heterocycles. The quantitative estimate of drug-likeness (QED) is 0.838. The van der Waals surface area contributed by atoms with Gasteiger partial charge in [0.1, 0.15) is 11.6 Å². The number of anilines is 2. The maximum Gasteiger partial charge on any atom is 0.239 e. The molecule has 126 valence electrons. The number of hydrogen-bond acceptors (Lipinski definition) is 5. The number of aromatic nitrogens is 1. The normalized spacial score (nSPS) is 15.3. The van der Waals surface area contributed by atoms with Crippen molar-refractivity contribution in [2.75, 3.05) is 42.9 Å². The second-order valence-electron chi connectivity index (χ2n) is 5.69. The molecule has 0 atom stereocenters. The van der Waals surface area contributed by atoms with Crippen molar-refractivity contribution >= 4 is 33.3 Å².